The van der Waals surface area contributed by atoms with E-state index in [9.17, 15) is 0 Å². The summed E-state index contributed by atoms with van der Waals surface area (Å²) in [7, 11) is 0. The van der Waals surface area contributed by atoms with Crippen molar-refractivity contribution in [2.45, 2.75) is 20.0 Å². The fourth-order valence-corrected chi connectivity index (χ4v) is 0.784. The Kier molecular flexibility index (Phi) is 1.53. The third-order valence-corrected chi connectivity index (χ3v) is 1.27. The number of nitrogens with one attached hydrogen (secondary N) is 1. The van der Waals surface area contributed by atoms with E-state index in [4.69, 9.17) is 5.11 Å². The Balaban J connectivity index is 2.94. The molecule has 50 valence electrons. The normalized spacial score (nSPS) is 13.7. The molecule has 1 rings (SSSR count). The van der Waals surface area contributed by atoms with E-state index in [1.807, 2.05) is 6.92 Å². The van der Waals surface area contributed by atoms with Gasteiger partial charge in [-0.25, -0.2) is 0 Å². The molecule has 0 saturated heterocycles. The summed E-state index contributed by atoms with van der Waals surface area (Å²) in [6, 6.07) is 0. The zero-order valence-electron chi connectivity index (χ0n) is 5.55. The van der Waals surface area contributed by atoms with E-state index in [0.29, 0.717) is 0 Å². The molecular formula is C6H10N2O. The molecule has 0 aliphatic heterocycles. The van der Waals surface area contributed by atoms with E-state index in [0.717, 1.165) is 11.3 Å². The molecule has 1 aromatic heterocycles. The average Bonchev–Trinajstić information content (AvgIpc) is 2.13. The van der Waals surface area contributed by atoms with Crippen LogP contribution in [0, 0.1) is 6.92 Å². The van der Waals surface area contributed by atoms with Crippen LogP contribution >= 0.6 is 0 Å². The van der Waals surface area contributed by atoms with Crippen LogP contribution < -0.4 is 0 Å². The van der Waals surface area contributed by atoms with Crippen molar-refractivity contribution in [2.24, 2.45) is 0 Å². The molecule has 3 nitrogen and oxygen atoms in total. The Labute approximate surface area is 53.7 Å². The molecule has 0 spiro atoms. The van der Waals surface area contributed by atoms with Crippen molar-refractivity contribution in [3.63, 3.8) is 0 Å². The smallest absolute Gasteiger partial charge is 0.0952 e. The van der Waals surface area contributed by atoms with E-state index in [1.165, 1.54) is 0 Å². The van der Waals surface area contributed by atoms with Crippen molar-refractivity contribution in [3.8, 4) is 0 Å². The minimum atomic E-state index is -0.462. The number of H-pyrrole nitrogens is 1. The maximum Gasteiger partial charge on any atom is 0.0952 e. The number of aromatic nitrogens is 2. The minimum Gasteiger partial charge on any atom is -0.387 e. The highest BCUT2D eigenvalue weighted by molar-refractivity contribution is 5.15. The van der Waals surface area contributed by atoms with Crippen molar-refractivity contribution in [2.75, 3.05) is 0 Å². The van der Waals surface area contributed by atoms with Crippen LogP contribution in [0.4, 0.5) is 0 Å². The molecule has 0 aliphatic carbocycles. The van der Waals surface area contributed by atoms with Crippen molar-refractivity contribution in [3.05, 3.63) is 17.5 Å². The van der Waals surface area contributed by atoms with E-state index < -0.39 is 6.10 Å². The average molecular weight is 126 g/mol. The number of aliphatic hydroxyl groups excluding tert-OH is 1. The van der Waals surface area contributed by atoms with Crippen molar-refractivity contribution in [1.29, 1.82) is 0 Å². The lowest BCUT2D eigenvalue weighted by Gasteiger charge is -1.97. The number of rotatable bonds is 1. The molecule has 1 heterocycles. The fourth-order valence-electron chi connectivity index (χ4n) is 0.784. The molecule has 9 heavy (non-hydrogen) atoms. The third-order valence-electron chi connectivity index (χ3n) is 1.27. The number of aromatic amines is 1. The van der Waals surface area contributed by atoms with Gasteiger partial charge in [0.1, 0.15) is 0 Å². The third kappa shape index (κ3) is 1.10. The van der Waals surface area contributed by atoms with E-state index >= 15 is 0 Å². The summed E-state index contributed by atoms with van der Waals surface area (Å²) in [5.41, 5.74) is 1.74. The first-order chi connectivity index (χ1) is 4.22. The second-order valence-electron chi connectivity index (χ2n) is 2.13. The van der Waals surface area contributed by atoms with Gasteiger partial charge in [-0.3, -0.25) is 5.10 Å². The number of nitrogens with zero attached hydrogens (tertiary/aromatic N) is 1. The Hall–Kier alpha value is -0.830. The molecule has 0 radical (unpaired) electrons. The van der Waals surface area contributed by atoms with Gasteiger partial charge in [0.25, 0.3) is 0 Å². The van der Waals surface area contributed by atoms with Gasteiger partial charge in [-0.2, -0.15) is 5.10 Å². The quantitative estimate of drug-likeness (QED) is 0.584. The molecule has 2 N–H and O–H groups in total. The van der Waals surface area contributed by atoms with E-state index in [2.05, 4.69) is 10.2 Å². The molecule has 0 aliphatic rings. The van der Waals surface area contributed by atoms with Gasteiger partial charge in [0.2, 0.25) is 0 Å². The molecule has 0 fully saturated rings. The summed E-state index contributed by atoms with van der Waals surface area (Å²) in [4.78, 5) is 0. The second-order valence-corrected chi connectivity index (χ2v) is 2.13. The molecule has 1 atom stereocenters. The van der Waals surface area contributed by atoms with Crippen molar-refractivity contribution in [1.82, 2.24) is 10.2 Å². The fraction of sp³-hybridized carbons (Fsp3) is 0.500. The zero-order chi connectivity index (χ0) is 6.85. The van der Waals surface area contributed by atoms with Crippen LogP contribution in [0.15, 0.2) is 6.20 Å². The maximum atomic E-state index is 9.01. The topological polar surface area (TPSA) is 48.9 Å². The van der Waals surface area contributed by atoms with Crippen LogP contribution in [0.1, 0.15) is 24.3 Å². The molecule has 0 unspecified atom stereocenters. The van der Waals surface area contributed by atoms with Crippen molar-refractivity contribution < 1.29 is 5.11 Å². The molecule has 0 amide bonds. The predicted molar refractivity (Wildman–Crippen MR) is 34.0 cm³/mol. The van der Waals surface area contributed by atoms with Crippen molar-refractivity contribution >= 4 is 0 Å². The number of hydrogen-bond acceptors (Lipinski definition) is 2. The number of hydrogen-bond donors (Lipinski definition) is 2. The summed E-state index contributed by atoms with van der Waals surface area (Å²) in [6.45, 7) is 3.61. The van der Waals surface area contributed by atoms with Gasteiger partial charge < -0.3 is 5.11 Å². The lowest BCUT2D eigenvalue weighted by molar-refractivity contribution is 0.193. The van der Waals surface area contributed by atoms with Gasteiger partial charge in [0.05, 0.1) is 11.8 Å². The standard InChI is InChI=1S/C6H10N2O/c1-4-3-7-8-6(4)5(2)9/h3,5,9H,1-2H3,(H,7,8)/t5-/m1/s1. The van der Waals surface area contributed by atoms with Gasteiger partial charge in [0, 0.05) is 6.20 Å². The first-order valence-corrected chi connectivity index (χ1v) is 2.90. The predicted octanol–water partition coefficient (Wildman–Crippen LogP) is 0.771. The van der Waals surface area contributed by atoms with Crippen LogP contribution in [0.2, 0.25) is 0 Å². The minimum absolute atomic E-state index is 0.462. The van der Waals surface area contributed by atoms with Gasteiger partial charge in [-0.1, -0.05) is 0 Å². The molecular weight excluding hydrogens is 116 g/mol. The number of aliphatic hydroxyl groups is 1. The highest BCUT2D eigenvalue weighted by atomic mass is 16.3. The van der Waals surface area contributed by atoms with Crippen LogP contribution in [-0.4, -0.2) is 15.3 Å². The second kappa shape index (κ2) is 2.19. The lowest BCUT2D eigenvalue weighted by Crippen LogP contribution is -1.92. The molecule has 0 aromatic carbocycles. The zero-order valence-corrected chi connectivity index (χ0v) is 5.55. The molecule has 1 aromatic rings. The van der Waals surface area contributed by atoms with Gasteiger partial charge in [0.15, 0.2) is 0 Å². The summed E-state index contributed by atoms with van der Waals surface area (Å²) < 4.78 is 0. The largest absolute Gasteiger partial charge is 0.387 e. The first kappa shape index (κ1) is 6.29. The molecule has 0 bridgehead atoms. The van der Waals surface area contributed by atoms with Crippen LogP contribution in [0.5, 0.6) is 0 Å². The SMILES string of the molecule is Cc1c[nH]nc1[C@@H](C)O. The highest BCUT2D eigenvalue weighted by Gasteiger charge is 2.05. The molecule has 3 heteroatoms. The van der Waals surface area contributed by atoms with Gasteiger partial charge in [-0.05, 0) is 19.4 Å². The highest BCUT2D eigenvalue weighted by Crippen LogP contribution is 2.11. The summed E-state index contributed by atoms with van der Waals surface area (Å²) in [5.74, 6) is 0. The summed E-state index contributed by atoms with van der Waals surface area (Å²) in [5, 5.41) is 15.5. The maximum absolute atomic E-state index is 9.01. The van der Waals surface area contributed by atoms with E-state index in [1.54, 1.807) is 13.1 Å². The Morgan fingerprint density at radius 2 is 2.44 bits per heavy atom. The summed E-state index contributed by atoms with van der Waals surface area (Å²) in [6.07, 6.45) is 1.30. The first-order valence-electron chi connectivity index (χ1n) is 2.90. The monoisotopic (exact) mass is 126 g/mol. The number of aryl methyl sites for hydroxylation is 1. The van der Waals surface area contributed by atoms with Crippen LogP contribution in [0.3, 0.4) is 0 Å². The Bertz CT molecular complexity index is 193. The summed E-state index contributed by atoms with van der Waals surface area (Å²) >= 11 is 0. The molecule has 0 saturated carbocycles. The van der Waals surface area contributed by atoms with Gasteiger partial charge in [-0.15, -0.1) is 0 Å². The van der Waals surface area contributed by atoms with Crippen LogP contribution in [-0.2, 0) is 0 Å². The van der Waals surface area contributed by atoms with Crippen LogP contribution in [0.25, 0.3) is 0 Å². The lowest BCUT2D eigenvalue weighted by atomic mass is 10.2. The Morgan fingerprint density at radius 1 is 1.78 bits per heavy atom. The Morgan fingerprint density at radius 3 is 2.67 bits per heavy atom. The van der Waals surface area contributed by atoms with E-state index in [-0.39, 0.29) is 0 Å². The van der Waals surface area contributed by atoms with Gasteiger partial charge >= 0.3 is 0 Å².